The highest BCUT2D eigenvalue weighted by Crippen LogP contribution is 2.29. The first kappa shape index (κ1) is 31.5. The highest BCUT2D eigenvalue weighted by molar-refractivity contribution is 7.92. The number of likely N-dealkylation sites (N-methyl/N-ethyl adjacent to an activating group) is 1. The van der Waals surface area contributed by atoms with Gasteiger partial charge in [0.05, 0.1) is 10.6 Å². The van der Waals surface area contributed by atoms with E-state index in [1.54, 1.807) is 43.4 Å². The van der Waals surface area contributed by atoms with Crippen LogP contribution in [0.15, 0.2) is 102 Å². The van der Waals surface area contributed by atoms with Crippen LogP contribution >= 0.6 is 0 Å². The van der Waals surface area contributed by atoms with Gasteiger partial charge in [0.25, 0.3) is 10.0 Å². The van der Waals surface area contributed by atoms with Gasteiger partial charge in [0.2, 0.25) is 11.8 Å². The van der Waals surface area contributed by atoms with Crippen LogP contribution in [0, 0.1) is 27.7 Å². The maximum absolute atomic E-state index is 14.4. The molecule has 0 unspecified atom stereocenters. The Morgan fingerprint density at radius 2 is 1.42 bits per heavy atom. The zero-order valence-electron chi connectivity index (χ0n) is 25.4. The van der Waals surface area contributed by atoms with Gasteiger partial charge in [0.1, 0.15) is 12.6 Å². The van der Waals surface area contributed by atoms with Crippen LogP contribution in [0.25, 0.3) is 0 Å². The fourth-order valence-corrected chi connectivity index (χ4v) is 6.56. The Bertz CT molecular complexity index is 1690. The van der Waals surface area contributed by atoms with Gasteiger partial charge in [-0.25, -0.2) is 8.42 Å². The van der Waals surface area contributed by atoms with Crippen LogP contribution in [0.4, 0.5) is 5.69 Å². The zero-order chi connectivity index (χ0) is 31.1. The molecular weight excluding hydrogens is 558 g/mol. The van der Waals surface area contributed by atoms with Gasteiger partial charge in [0.15, 0.2) is 0 Å². The summed E-state index contributed by atoms with van der Waals surface area (Å²) < 4.78 is 29.6. The smallest absolute Gasteiger partial charge is 0.264 e. The minimum atomic E-state index is -4.14. The number of benzene rings is 4. The summed E-state index contributed by atoms with van der Waals surface area (Å²) in [6, 6.07) is 28.4. The van der Waals surface area contributed by atoms with Crippen molar-refractivity contribution in [1.82, 2.24) is 10.2 Å². The first-order valence-electron chi connectivity index (χ1n) is 14.3. The Morgan fingerprint density at radius 3 is 2.07 bits per heavy atom. The fraction of sp³-hybridized carbons (Fsp3) is 0.257. The van der Waals surface area contributed by atoms with E-state index in [1.165, 1.54) is 9.21 Å². The van der Waals surface area contributed by atoms with Crippen LogP contribution in [0.1, 0.15) is 33.4 Å². The van der Waals surface area contributed by atoms with Gasteiger partial charge < -0.3 is 10.2 Å². The number of rotatable bonds is 11. The quantitative estimate of drug-likeness (QED) is 0.247. The molecule has 0 aliphatic rings. The third kappa shape index (κ3) is 7.51. The number of amides is 2. The summed E-state index contributed by atoms with van der Waals surface area (Å²) in [5.41, 5.74) is 5.74. The Labute approximate surface area is 255 Å². The van der Waals surface area contributed by atoms with Crippen molar-refractivity contribution in [3.63, 3.8) is 0 Å². The van der Waals surface area contributed by atoms with Crippen molar-refractivity contribution < 1.29 is 18.0 Å². The van der Waals surface area contributed by atoms with Crippen molar-refractivity contribution in [2.24, 2.45) is 0 Å². The number of hydrogen-bond acceptors (Lipinski definition) is 4. The highest BCUT2D eigenvalue weighted by atomic mass is 32.2. The molecule has 0 aromatic heterocycles. The van der Waals surface area contributed by atoms with Crippen LogP contribution in [0.2, 0.25) is 0 Å². The molecule has 1 N–H and O–H groups in total. The molecule has 224 valence electrons. The molecule has 7 nitrogen and oxygen atoms in total. The highest BCUT2D eigenvalue weighted by Gasteiger charge is 2.35. The van der Waals surface area contributed by atoms with Gasteiger partial charge >= 0.3 is 0 Å². The molecule has 0 fully saturated rings. The van der Waals surface area contributed by atoms with E-state index in [2.05, 4.69) is 5.32 Å². The predicted octanol–water partition coefficient (Wildman–Crippen LogP) is 5.50. The minimum absolute atomic E-state index is 0.0872. The lowest BCUT2D eigenvalue weighted by molar-refractivity contribution is -0.139. The Kier molecular flexibility index (Phi) is 10.0. The molecule has 0 saturated heterocycles. The number of carbonyl (C=O) groups excluding carboxylic acids is 2. The SMILES string of the molecule is CNC(=O)[C@H](Cc1ccccc1)N(Cc1cccc(C)c1)C(=O)CN(c1cccc(C)c1C)S(=O)(=O)c1ccc(C)cc1. The molecule has 2 amide bonds. The molecular formula is C35H39N3O4S. The lowest BCUT2D eigenvalue weighted by Gasteiger charge is -2.34. The average Bonchev–Trinajstić information content (AvgIpc) is 2.99. The maximum Gasteiger partial charge on any atom is 0.264 e. The Balaban J connectivity index is 1.82. The van der Waals surface area contributed by atoms with Crippen molar-refractivity contribution in [3.05, 3.63) is 130 Å². The molecule has 0 aliphatic heterocycles. The second-order valence-electron chi connectivity index (χ2n) is 10.9. The molecule has 0 saturated carbocycles. The van der Waals surface area contributed by atoms with Gasteiger partial charge in [-0.1, -0.05) is 90.0 Å². The van der Waals surface area contributed by atoms with Crippen molar-refractivity contribution >= 4 is 27.5 Å². The Hall–Kier alpha value is -4.43. The largest absolute Gasteiger partial charge is 0.357 e. The lowest BCUT2D eigenvalue weighted by atomic mass is 10.0. The zero-order valence-corrected chi connectivity index (χ0v) is 26.2. The van der Waals surface area contributed by atoms with E-state index in [1.807, 2.05) is 88.4 Å². The van der Waals surface area contributed by atoms with Crippen LogP contribution in [-0.4, -0.2) is 44.8 Å². The summed E-state index contributed by atoms with van der Waals surface area (Å²) in [6.07, 6.45) is 0.270. The molecule has 8 heteroatoms. The van der Waals surface area contributed by atoms with Crippen molar-refractivity contribution in [1.29, 1.82) is 0 Å². The molecule has 0 radical (unpaired) electrons. The summed E-state index contributed by atoms with van der Waals surface area (Å²) >= 11 is 0. The number of anilines is 1. The normalized spacial score (nSPS) is 11.9. The van der Waals surface area contributed by atoms with Gasteiger partial charge in [-0.3, -0.25) is 13.9 Å². The molecule has 4 aromatic carbocycles. The summed E-state index contributed by atoms with van der Waals surface area (Å²) in [5.74, 6) is -0.813. The van der Waals surface area contributed by atoms with Crippen LogP contribution in [0.3, 0.4) is 0 Å². The molecule has 0 aliphatic carbocycles. The van der Waals surface area contributed by atoms with Gasteiger partial charge in [-0.15, -0.1) is 0 Å². The van der Waals surface area contributed by atoms with Crippen molar-refractivity contribution in [2.45, 2.75) is 51.6 Å². The van der Waals surface area contributed by atoms with E-state index in [4.69, 9.17) is 0 Å². The third-order valence-electron chi connectivity index (χ3n) is 7.69. The summed E-state index contributed by atoms with van der Waals surface area (Å²) in [4.78, 5) is 29.4. The Morgan fingerprint density at radius 1 is 0.767 bits per heavy atom. The summed E-state index contributed by atoms with van der Waals surface area (Å²) in [5, 5.41) is 2.72. The number of aryl methyl sites for hydroxylation is 3. The second-order valence-corrected chi connectivity index (χ2v) is 12.7. The summed E-state index contributed by atoms with van der Waals surface area (Å²) in [7, 11) is -2.60. The molecule has 0 bridgehead atoms. The molecule has 43 heavy (non-hydrogen) atoms. The average molecular weight is 598 g/mol. The number of sulfonamides is 1. The first-order valence-corrected chi connectivity index (χ1v) is 15.7. The van der Waals surface area contributed by atoms with Gasteiger partial charge in [-0.2, -0.15) is 0 Å². The minimum Gasteiger partial charge on any atom is -0.357 e. The lowest BCUT2D eigenvalue weighted by Crippen LogP contribution is -2.53. The molecule has 4 rings (SSSR count). The van der Waals surface area contributed by atoms with E-state index in [9.17, 15) is 18.0 Å². The monoisotopic (exact) mass is 597 g/mol. The van der Waals surface area contributed by atoms with Crippen LogP contribution in [0.5, 0.6) is 0 Å². The van der Waals surface area contributed by atoms with Gasteiger partial charge in [-0.05, 0) is 68.1 Å². The standard InChI is InChI=1S/C35H39N3O4S/c1-25-17-19-31(20-18-25)43(41,42)38(32-16-10-12-27(3)28(32)4)24-34(39)37(23-30-15-9-11-26(2)21-30)33(35(40)36-5)22-29-13-7-6-8-14-29/h6-21,33H,22-24H2,1-5H3,(H,36,40)/t33-/m0/s1. The van der Waals surface area contributed by atoms with Gasteiger partial charge in [0, 0.05) is 20.0 Å². The number of carbonyl (C=O) groups is 2. The maximum atomic E-state index is 14.4. The van der Waals surface area contributed by atoms with E-state index in [0.717, 1.165) is 33.4 Å². The predicted molar refractivity (Wildman–Crippen MR) is 171 cm³/mol. The fourth-order valence-electron chi connectivity index (χ4n) is 5.08. The van der Waals surface area contributed by atoms with Crippen molar-refractivity contribution in [3.8, 4) is 0 Å². The second kappa shape index (κ2) is 13.7. The van der Waals surface area contributed by atoms with E-state index in [-0.39, 0.29) is 23.8 Å². The van der Waals surface area contributed by atoms with E-state index >= 15 is 0 Å². The molecule has 4 aromatic rings. The number of nitrogens with one attached hydrogen (secondary N) is 1. The first-order chi connectivity index (χ1) is 20.5. The molecule has 0 spiro atoms. The third-order valence-corrected chi connectivity index (χ3v) is 9.46. The van der Waals surface area contributed by atoms with Crippen LogP contribution in [-0.2, 0) is 32.6 Å². The topological polar surface area (TPSA) is 86.8 Å². The van der Waals surface area contributed by atoms with E-state index < -0.39 is 28.5 Å². The molecule has 1 atom stereocenters. The van der Waals surface area contributed by atoms with Crippen molar-refractivity contribution in [2.75, 3.05) is 17.9 Å². The van der Waals surface area contributed by atoms with Crippen LogP contribution < -0.4 is 9.62 Å². The number of nitrogens with zero attached hydrogens (tertiary/aromatic N) is 2. The summed E-state index contributed by atoms with van der Waals surface area (Å²) in [6.45, 7) is 7.26. The number of hydrogen-bond donors (Lipinski definition) is 1. The van der Waals surface area contributed by atoms with E-state index in [0.29, 0.717) is 5.69 Å². The molecule has 0 heterocycles.